The van der Waals surface area contributed by atoms with Gasteiger partial charge >= 0.3 is 0 Å². The molecular weight excluding hydrogens is 200 g/mol. The van der Waals surface area contributed by atoms with Crippen LogP contribution in [0.25, 0.3) is 11.3 Å². The summed E-state index contributed by atoms with van der Waals surface area (Å²) in [5.41, 5.74) is 1.97. The van der Waals surface area contributed by atoms with Crippen LogP contribution in [-0.2, 0) is 0 Å². The molecule has 1 heterocycles. The van der Waals surface area contributed by atoms with E-state index in [0.717, 1.165) is 17.1 Å². The second-order valence-electron chi connectivity index (χ2n) is 4.36. The second-order valence-corrected chi connectivity index (χ2v) is 4.36. The SMILES string of the molecule is Oc1cccc(-c2cnc(C3CCC3)[nH]2)c1. The number of phenolic OH excluding ortho intramolecular Hbond substituents is 1. The molecule has 82 valence electrons. The van der Waals surface area contributed by atoms with E-state index >= 15 is 0 Å². The van der Waals surface area contributed by atoms with Gasteiger partial charge in [0.25, 0.3) is 0 Å². The number of imidazole rings is 1. The third-order valence-electron chi connectivity index (χ3n) is 3.24. The molecule has 1 aromatic heterocycles. The van der Waals surface area contributed by atoms with Crippen molar-refractivity contribution >= 4 is 0 Å². The molecule has 1 aliphatic rings. The smallest absolute Gasteiger partial charge is 0.116 e. The van der Waals surface area contributed by atoms with Crippen LogP contribution >= 0.6 is 0 Å². The van der Waals surface area contributed by atoms with Gasteiger partial charge in [-0.2, -0.15) is 0 Å². The van der Waals surface area contributed by atoms with Crippen molar-refractivity contribution in [1.29, 1.82) is 0 Å². The van der Waals surface area contributed by atoms with Crippen molar-refractivity contribution < 1.29 is 5.11 Å². The first kappa shape index (κ1) is 9.46. The first-order chi connectivity index (χ1) is 7.83. The maximum atomic E-state index is 9.41. The van der Waals surface area contributed by atoms with Gasteiger partial charge in [-0.3, -0.25) is 0 Å². The molecule has 2 aromatic rings. The normalized spacial score (nSPS) is 16.0. The Kier molecular flexibility index (Phi) is 2.17. The van der Waals surface area contributed by atoms with Crippen LogP contribution in [0.5, 0.6) is 5.75 Å². The number of rotatable bonds is 2. The standard InChI is InChI=1S/C13H14N2O/c16-11-6-2-5-10(7-11)12-8-14-13(15-12)9-3-1-4-9/h2,5-9,16H,1,3-4H2,(H,14,15). The predicted molar refractivity (Wildman–Crippen MR) is 62.3 cm³/mol. The summed E-state index contributed by atoms with van der Waals surface area (Å²) >= 11 is 0. The van der Waals surface area contributed by atoms with Crippen molar-refractivity contribution in [3.63, 3.8) is 0 Å². The fourth-order valence-electron chi connectivity index (χ4n) is 2.05. The van der Waals surface area contributed by atoms with Crippen LogP contribution in [0.4, 0.5) is 0 Å². The Bertz CT molecular complexity index is 500. The highest BCUT2D eigenvalue weighted by molar-refractivity contribution is 5.60. The molecule has 3 heteroatoms. The van der Waals surface area contributed by atoms with Gasteiger partial charge in [-0.25, -0.2) is 4.98 Å². The molecule has 1 fully saturated rings. The van der Waals surface area contributed by atoms with Gasteiger partial charge in [-0.05, 0) is 25.0 Å². The largest absolute Gasteiger partial charge is 0.508 e. The van der Waals surface area contributed by atoms with E-state index in [1.165, 1.54) is 19.3 Å². The second kappa shape index (κ2) is 3.67. The molecule has 0 spiro atoms. The van der Waals surface area contributed by atoms with Gasteiger partial charge in [-0.1, -0.05) is 18.6 Å². The zero-order valence-electron chi connectivity index (χ0n) is 8.98. The highest BCUT2D eigenvalue weighted by Crippen LogP contribution is 2.35. The van der Waals surface area contributed by atoms with Gasteiger partial charge in [0.15, 0.2) is 0 Å². The molecule has 0 saturated heterocycles. The Balaban J connectivity index is 1.91. The third kappa shape index (κ3) is 1.58. The Labute approximate surface area is 94.2 Å². The van der Waals surface area contributed by atoms with Crippen LogP contribution in [0, 0.1) is 0 Å². The quantitative estimate of drug-likeness (QED) is 0.807. The van der Waals surface area contributed by atoms with Crippen LogP contribution < -0.4 is 0 Å². The molecule has 3 nitrogen and oxygen atoms in total. The molecule has 1 aromatic carbocycles. The number of benzene rings is 1. The maximum Gasteiger partial charge on any atom is 0.116 e. The minimum absolute atomic E-state index is 0.289. The Hall–Kier alpha value is -1.77. The van der Waals surface area contributed by atoms with Gasteiger partial charge in [0.1, 0.15) is 11.6 Å². The first-order valence-electron chi connectivity index (χ1n) is 5.67. The van der Waals surface area contributed by atoms with Crippen molar-refractivity contribution in [3.8, 4) is 17.0 Å². The Morgan fingerprint density at radius 2 is 2.19 bits per heavy atom. The van der Waals surface area contributed by atoms with E-state index in [1.807, 2.05) is 18.3 Å². The van der Waals surface area contributed by atoms with E-state index < -0.39 is 0 Å². The number of hydrogen-bond donors (Lipinski definition) is 2. The van der Waals surface area contributed by atoms with Crippen molar-refractivity contribution in [3.05, 3.63) is 36.3 Å². The Morgan fingerprint density at radius 3 is 2.88 bits per heavy atom. The van der Waals surface area contributed by atoms with Crippen molar-refractivity contribution in [1.82, 2.24) is 9.97 Å². The number of nitrogens with one attached hydrogen (secondary N) is 1. The molecule has 3 rings (SSSR count). The maximum absolute atomic E-state index is 9.41. The number of aromatic amines is 1. The van der Waals surface area contributed by atoms with Gasteiger partial charge in [-0.15, -0.1) is 0 Å². The molecule has 1 aliphatic carbocycles. The summed E-state index contributed by atoms with van der Waals surface area (Å²) in [6, 6.07) is 7.23. The first-order valence-corrected chi connectivity index (χ1v) is 5.67. The summed E-state index contributed by atoms with van der Waals surface area (Å²) in [4.78, 5) is 7.74. The van der Waals surface area contributed by atoms with Crippen LogP contribution in [-0.4, -0.2) is 15.1 Å². The van der Waals surface area contributed by atoms with E-state index in [1.54, 1.807) is 12.1 Å². The molecule has 2 N–H and O–H groups in total. The minimum atomic E-state index is 0.289. The molecule has 0 bridgehead atoms. The fraction of sp³-hybridized carbons (Fsp3) is 0.308. The van der Waals surface area contributed by atoms with Crippen molar-refractivity contribution in [2.24, 2.45) is 0 Å². The van der Waals surface area contributed by atoms with Crippen LogP contribution in [0.1, 0.15) is 31.0 Å². The van der Waals surface area contributed by atoms with Crippen molar-refractivity contribution in [2.45, 2.75) is 25.2 Å². The number of nitrogens with zero attached hydrogens (tertiary/aromatic N) is 1. The van der Waals surface area contributed by atoms with Gasteiger partial charge in [0.2, 0.25) is 0 Å². The van der Waals surface area contributed by atoms with Crippen molar-refractivity contribution in [2.75, 3.05) is 0 Å². The van der Waals surface area contributed by atoms with Gasteiger partial charge < -0.3 is 10.1 Å². The Morgan fingerprint density at radius 1 is 1.31 bits per heavy atom. The van der Waals surface area contributed by atoms with E-state index in [0.29, 0.717) is 5.92 Å². The fourth-order valence-corrected chi connectivity index (χ4v) is 2.05. The van der Waals surface area contributed by atoms with Crippen LogP contribution in [0.3, 0.4) is 0 Å². The summed E-state index contributed by atoms with van der Waals surface area (Å²) in [6.07, 6.45) is 5.65. The topological polar surface area (TPSA) is 48.9 Å². The lowest BCUT2D eigenvalue weighted by molar-refractivity contribution is 0.404. The van der Waals surface area contributed by atoms with E-state index in [2.05, 4.69) is 9.97 Å². The highest BCUT2D eigenvalue weighted by atomic mass is 16.3. The summed E-state index contributed by atoms with van der Waals surface area (Å²) in [6.45, 7) is 0. The lowest BCUT2D eigenvalue weighted by Crippen LogP contribution is -2.10. The molecule has 0 radical (unpaired) electrons. The molecule has 0 amide bonds. The molecule has 0 unspecified atom stereocenters. The minimum Gasteiger partial charge on any atom is -0.508 e. The molecule has 0 atom stereocenters. The number of aromatic nitrogens is 2. The summed E-state index contributed by atoms with van der Waals surface area (Å²) < 4.78 is 0. The average molecular weight is 214 g/mol. The summed E-state index contributed by atoms with van der Waals surface area (Å²) in [5.74, 6) is 1.99. The van der Waals surface area contributed by atoms with E-state index in [-0.39, 0.29) is 5.75 Å². The number of phenols is 1. The molecule has 1 saturated carbocycles. The van der Waals surface area contributed by atoms with Gasteiger partial charge in [0.05, 0.1) is 11.9 Å². The zero-order valence-corrected chi connectivity index (χ0v) is 8.98. The number of hydrogen-bond acceptors (Lipinski definition) is 2. The number of H-pyrrole nitrogens is 1. The third-order valence-corrected chi connectivity index (χ3v) is 3.24. The number of aromatic hydroxyl groups is 1. The van der Waals surface area contributed by atoms with Gasteiger partial charge in [0, 0.05) is 11.5 Å². The highest BCUT2D eigenvalue weighted by Gasteiger charge is 2.22. The monoisotopic (exact) mass is 214 g/mol. The molecule has 16 heavy (non-hydrogen) atoms. The molecular formula is C13H14N2O. The average Bonchev–Trinajstić information content (AvgIpc) is 2.64. The lowest BCUT2D eigenvalue weighted by atomic mass is 9.85. The lowest BCUT2D eigenvalue weighted by Gasteiger charge is -2.22. The van der Waals surface area contributed by atoms with Crippen LogP contribution in [0.2, 0.25) is 0 Å². The zero-order chi connectivity index (χ0) is 11.0. The van der Waals surface area contributed by atoms with E-state index in [9.17, 15) is 5.11 Å². The van der Waals surface area contributed by atoms with Crippen LogP contribution in [0.15, 0.2) is 30.5 Å². The summed E-state index contributed by atoms with van der Waals surface area (Å²) in [5, 5.41) is 9.41. The molecule has 0 aliphatic heterocycles. The van der Waals surface area contributed by atoms with E-state index in [4.69, 9.17) is 0 Å². The summed E-state index contributed by atoms with van der Waals surface area (Å²) in [7, 11) is 0. The predicted octanol–water partition coefficient (Wildman–Crippen LogP) is 3.05.